The van der Waals surface area contributed by atoms with Crippen LogP contribution in [0.15, 0.2) is 47.1 Å². The average Bonchev–Trinajstić information content (AvgIpc) is 3.06. The average molecular weight is 344 g/mol. The molecule has 9 heteroatoms. The molecule has 0 unspecified atom stereocenters. The van der Waals surface area contributed by atoms with Crippen LogP contribution < -0.4 is 4.74 Å². The second-order valence-corrected chi connectivity index (χ2v) is 5.19. The summed E-state index contributed by atoms with van der Waals surface area (Å²) in [5, 5.41) is 14.8. The van der Waals surface area contributed by atoms with Crippen LogP contribution in [0.5, 0.6) is 5.75 Å². The van der Waals surface area contributed by atoms with Crippen molar-refractivity contribution in [3.8, 4) is 5.75 Å². The van der Waals surface area contributed by atoms with E-state index in [1.807, 2.05) is 0 Å². The standard InChI is InChI=1S/C16H13FN4O4/c1-10(24-13-3-2-8-18-15(13)21(22)23)16-19-14(20-25-16)9-11-4-6-12(17)7-5-11/h2-8,10H,9H2,1H3/t10-/m1/s1. The fraction of sp³-hybridized carbons (Fsp3) is 0.188. The SMILES string of the molecule is C[C@@H](Oc1cccnc1[N+](=O)[O-])c1nc(Cc2ccc(F)cc2)no1. The molecule has 3 rings (SSSR count). The van der Waals surface area contributed by atoms with Gasteiger partial charge in [-0.25, -0.2) is 4.39 Å². The minimum absolute atomic E-state index is 0.0123. The van der Waals surface area contributed by atoms with E-state index in [1.54, 1.807) is 19.1 Å². The third-order valence-corrected chi connectivity index (χ3v) is 3.33. The molecule has 0 N–H and O–H groups in total. The molecule has 0 aliphatic carbocycles. The lowest BCUT2D eigenvalue weighted by Gasteiger charge is -2.09. The summed E-state index contributed by atoms with van der Waals surface area (Å²) in [6.07, 6.45) is 0.976. The first-order chi connectivity index (χ1) is 12.0. The molecule has 8 nitrogen and oxygen atoms in total. The number of nitrogens with zero attached hydrogens (tertiary/aromatic N) is 4. The Balaban J connectivity index is 1.71. The second-order valence-electron chi connectivity index (χ2n) is 5.19. The molecule has 3 aromatic rings. The van der Waals surface area contributed by atoms with Gasteiger partial charge in [0.25, 0.3) is 5.89 Å². The predicted octanol–water partition coefficient (Wildman–Crippen LogP) is 3.24. The topological polar surface area (TPSA) is 104 Å². The first-order valence-electron chi connectivity index (χ1n) is 7.36. The van der Waals surface area contributed by atoms with Crippen molar-refractivity contribution >= 4 is 5.82 Å². The lowest BCUT2D eigenvalue weighted by Crippen LogP contribution is -2.06. The zero-order valence-electron chi connectivity index (χ0n) is 13.1. The zero-order valence-corrected chi connectivity index (χ0v) is 13.1. The zero-order chi connectivity index (χ0) is 17.8. The van der Waals surface area contributed by atoms with Gasteiger partial charge in [0.2, 0.25) is 5.75 Å². The van der Waals surface area contributed by atoms with Crippen LogP contribution in [-0.2, 0) is 6.42 Å². The highest BCUT2D eigenvalue weighted by Crippen LogP contribution is 2.28. The molecule has 0 amide bonds. The molecule has 0 radical (unpaired) electrons. The lowest BCUT2D eigenvalue weighted by atomic mass is 10.1. The Morgan fingerprint density at radius 3 is 2.80 bits per heavy atom. The predicted molar refractivity (Wildman–Crippen MR) is 83.4 cm³/mol. The Morgan fingerprint density at radius 2 is 2.08 bits per heavy atom. The molecular weight excluding hydrogens is 331 g/mol. The van der Waals surface area contributed by atoms with E-state index in [0.717, 1.165) is 5.56 Å². The van der Waals surface area contributed by atoms with E-state index in [-0.39, 0.29) is 23.3 Å². The number of hydrogen-bond acceptors (Lipinski definition) is 7. The van der Waals surface area contributed by atoms with E-state index in [0.29, 0.717) is 12.2 Å². The number of ether oxygens (including phenoxy) is 1. The normalized spacial score (nSPS) is 11.9. The van der Waals surface area contributed by atoms with Crippen molar-refractivity contribution < 1.29 is 18.6 Å². The van der Waals surface area contributed by atoms with Gasteiger partial charge in [0.1, 0.15) is 12.0 Å². The van der Waals surface area contributed by atoms with Crippen molar-refractivity contribution in [1.29, 1.82) is 0 Å². The summed E-state index contributed by atoms with van der Waals surface area (Å²) in [6.45, 7) is 1.63. The van der Waals surface area contributed by atoms with Crippen LogP contribution in [0.3, 0.4) is 0 Å². The Kier molecular flexibility index (Phi) is 4.64. The molecule has 128 valence electrons. The molecule has 0 fully saturated rings. The van der Waals surface area contributed by atoms with Gasteiger partial charge in [-0.15, -0.1) is 0 Å². The summed E-state index contributed by atoms with van der Waals surface area (Å²) < 4.78 is 23.6. The van der Waals surface area contributed by atoms with E-state index in [4.69, 9.17) is 9.26 Å². The highest BCUT2D eigenvalue weighted by molar-refractivity contribution is 5.38. The summed E-state index contributed by atoms with van der Waals surface area (Å²) >= 11 is 0. The maximum atomic E-state index is 12.9. The van der Waals surface area contributed by atoms with Crippen LogP contribution in [0.2, 0.25) is 0 Å². The smallest absolute Gasteiger partial charge is 0.406 e. The highest BCUT2D eigenvalue weighted by atomic mass is 19.1. The second kappa shape index (κ2) is 7.04. The largest absolute Gasteiger partial charge is 0.473 e. The molecule has 2 heterocycles. The van der Waals surface area contributed by atoms with Crippen LogP contribution >= 0.6 is 0 Å². The Bertz CT molecular complexity index is 882. The summed E-state index contributed by atoms with van der Waals surface area (Å²) in [5.74, 6) is -0.121. The molecule has 2 aromatic heterocycles. The molecule has 0 aliphatic heterocycles. The minimum atomic E-state index is -0.697. The quantitative estimate of drug-likeness (QED) is 0.499. The lowest BCUT2D eigenvalue weighted by molar-refractivity contribution is -0.390. The number of benzene rings is 1. The van der Waals surface area contributed by atoms with Crippen LogP contribution in [0.4, 0.5) is 10.2 Å². The van der Waals surface area contributed by atoms with E-state index < -0.39 is 11.0 Å². The Hall–Kier alpha value is -3.36. The number of rotatable bonds is 6. The molecule has 1 aromatic carbocycles. The number of pyridine rings is 1. The number of nitro groups is 1. The van der Waals surface area contributed by atoms with Gasteiger partial charge >= 0.3 is 5.82 Å². The third-order valence-electron chi connectivity index (χ3n) is 3.33. The van der Waals surface area contributed by atoms with Gasteiger partial charge in [0.05, 0.1) is 0 Å². The van der Waals surface area contributed by atoms with Gasteiger partial charge in [0, 0.05) is 6.42 Å². The molecule has 0 spiro atoms. The summed E-state index contributed by atoms with van der Waals surface area (Å²) in [4.78, 5) is 18.2. The molecule has 0 saturated carbocycles. The summed E-state index contributed by atoms with van der Waals surface area (Å²) in [7, 11) is 0. The summed E-state index contributed by atoms with van der Waals surface area (Å²) in [6, 6.07) is 8.93. The van der Waals surface area contributed by atoms with E-state index in [9.17, 15) is 14.5 Å². The Morgan fingerprint density at radius 1 is 1.32 bits per heavy atom. The van der Waals surface area contributed by atoms with Crippen LogP contribution in [0, 0.1) is 15.9 Å². The molecule has 0 bridgehead atoms. The molecule has 1 atom stereocenters. The van der Waals surface area contributed by atoms with Crippen LogP contribution in [-0.4, -0.2) is 20.0 Å². The molecule has 25 heavy (non-hydrogen) atoms. The first-order valence-corrected chi connectivity index (χ1v) is 7.36. The van der Waals surface area contributed by atoms with Crippen molar-refractivity contribution in [1.82, 2.24) is 15.1 Å². The van der Waals surface area contributed by atoms with E-state index in [1.165, 1.54) is 30.5 Å². The van der Waals surface area contributed by atoms with Gasteiger partial charge in [-0.2, -0.15) is 4.98 Å². The third kappa shape index (κ3) is 3.94. The number of hydrogen-bond donors (Lipinski definition) is 0. The van der Waals surface area contributed by atoms with E-state index in [2.05, 4.69) is 15.1 Å². The minimum Gasteiger partial charge on any atom is -0.473 e. The van der Waals surface area contributed by atoms with Gasteiger partial charge in [-0.05, 0) is 46.7 Å². The molecular formula is C16H13FN4O4. The van der Waals surface area contributed by atoms with Crippen molar-refractivity contribution in [2.24, 2.45) is 0 Å². The van der Waals surface area contributed by atoms with Crippen molar-refractivity contribution in [2.75, 3.05) is 0 Å². The maximum Gasteiger partial charge on any atom is 0.406 e. The van der Waals surface area contributed by atoms with Gasteiger partial charge < -0.3 is 19.4 Å². The maximum absolute atomic E-state index is 12.9. The van der Waals surface area contributed by atoms with E-state index >= 15 is 0 Å². The van der Waals surface area contributed by atoms with Crippen molar-refractivity contribution in [2.45, 2.75) is 19.4 Å². The van der Waals surface area contributed by atoms with Crippen LogP contribution in [0.1, 0.15) is 30.3 Å². The first kappa shape index (κ1) is 16.5. The van der Waals surface area contributed by atoms with Gasteiger partial charge in [-0.1, -0.05) is 17.3 Å². The highest BCUT2D eigenvalue weighted by Gasteiger charge is 2.22. The van der Waals surface area contributed by atoms with Crippen molar-refractivity contribution in [3.63, 3.8) is 0 Å². The fourth-order valence-corrected chi connectivity index (χ4v) is 2.14. The fourth-order valence-electron chi connectivity index (χ4n) is 2.14. The van der Waals surface area contributed by atoms with Crippen molar-refractivity contribution in [3.05, 3.63) is 75.8 Å². The van der Waals surface area contributed by atoms with Gasteiger partial charge in [0.15, 0.2) is 11.9 Å². The monoisotopic (exact) mass is 344 g/mol. The summed E-state index contributed by atoms with van der Waals surface area (Å²) in [5.41, 5.74) is 0.824. The van der Waals surface area contributed by atoms with Crippen LogP contribution in [0.25, 0.3) is 0 Å². The molecule has 0 aliphatic rings. The Labute approximate surface area is 141 Å². The number of aromatic nitrogens is 3. The van der Waals surface area contributed by atoms with Gasteiger partial charge in [-0.3, -0.25) is 0 Å². The molecule has 0 saturated heterocycles. The number of halogens is 1.